The Morgan fingerprint density at radius 3 is 2.40 bits per heavy atom. The Labute approximate surface area is 113 Å². The fourth-order valence-corrected chi connectivity index (χ4v) is 2.01. The number of benzene rings is 2. The van der Waals surface area contributed by atoms with E-state index < -0.39 is 11.2 Å². The number of hydrogen-bond acceptors (Lipinski definition) is 5. The average Bonchev–Trinajstić information content (AvgIpc) is 2.44. The number of anilines is 1. The van der Waals surface area contributed by atoms with E-state index in [0.717, 1.165) is 0 Å². The molecule has 0 aliphatic carbocycles. The molecule has 20 heavy (non-hydrogen) atoms. The molecule has 3 aromatic rings. The summed E-state index contributed by atoms with van der Waals surface area (Å²) in [5.41, 5.74) is 6.33. The highest BCUT2D eigenvalue weighted by atomic mass is 16.4. The molecule has 0 bridgehead atoms. The minimum absolute atomic E-state index is 0.0623. The van der Waals surface area contributed by atoms with Gasteiger partial charge in [-0.1, -0.05) is 0 Å². The maximum atomic E-state index is 12.1. The van der Waals surface area contributed by atoms with E-state index in [1.807, 2.05) is 0 Å². The van der Waals surface area contributed by atoms with Gasteiger partial charge in [-0.25, -0.2) is 0 Å². The van der Waals surface area contributed by atoms with Crippen molar-refractivity contribution in [2.75, 3.05) is 5.73 Å². The van der Waals surface area contributed by atoms with Crippen molar-refractivity contribution in [3.63, 3.8) is 0 Å². The van der Waals surface area contributed by atoms with Gasteiger partial charge in [-0.2, -0.15) is 0 Å². The first-order valence-electron chi connectivity index (χ1n) is 5.91. The highest BCUT2D eigenvalue weighted by Gasteiger charge is 2.15. The van der Waals surface area contributed by atoms with Crippen LogP contribution in [0.15, 0.2) is 51.7 Å². The van der Waals surface area contributed by atoms with Gasteiger partial charge >= 0.3 is 0 Å². The molecule has 0 amide bonds. The van der Waals surface area contributed by atoms with Crippen LogP contribution >= 0.6 is 0 Å². The van der Waals surface area contributed by atoms with Crippen LogP contribution in [0.25, 0.3) is 22.3 Å². The highest BCUT2D eigenvalue weighted by molar-refractivity contribution is 5.84. The topological polar surface area (TPSA) is 96.7 Å². The zero-order valence-corrected chi connectivity index (χ0v) is 10.3. The molecule has 5 heteroatoms. The second-order valence-electron chi connectivity index (χ2n) is 4.41. The van der Waals surface area contributed by atoms with Gasteiger partial charge in [0.05, 0.1) is 5.39 Å². The Balaban J connectivity index is 2.32. The Morgan fingerprint density at radius 2 is 1.70 bits per heavy atom. The van der Waals surface area contributed by atoms with Crippen LogP contribution in [-0.2, 0) is 0 Å². The van der Waals surface area contributed by atoms with E-state index in [-0.39, 0.29) is 16.9 Å². The number of aromatic hydroxyl groups is 2. The average molecular weight is 269 g/mol. The third-order valence-corrected chi connectivity index (χ3v) is 3.02. The van der Waals surface area contributed by atoms with Crippen LogP contribution < -0.4 is 11.2 Å². The number of nitrogen functional groups attached to an aromatic ring is 1. The Bertz CT molecular complexity index is 850. The minimum Gasteiger partial charge on any atom is -0.508 e. The molecule has 0 fully saturated rings. The van der Waals surface area contributed by atoms with Crippen molar-refractivity contribution >= 4 is 16.7 Å². The van der Waals surface area contributed by atoms with Gasteiger partial charge in [0.25, 0.3) is 0 Å². The van der Waals surface area contributed by atoms with Crippen LogP contribution in [-0.4, -0.2) is 10.2 Å². The van der Waals surface area contributed by atoms with E-state index in [1.54, 1.807) is 24.3 Å². The zero-order chi connectivity index (χ0) is 14.3. The molecule has 3 rings (SSSR count). The first-order chi connectivity index (χ1) is 9.56. The quantitative estimate of drug-likeness (QED) is 0.589. The van der Waals surface area contributed by atoms with E-state index in [2.05, 4.69) is 0 Å². The predicted octanol–water partition coefficient (Wildman–Crippen LogP) is 2.45. The summed E-state index contributed by atoms with van der Waals surface area (Å²) in [6, 6.07) is 10.6. The Kier molecular flexibility index (Phi) is 2.61. The third kappa shape index (κ3) is 1.85. The molecule has 0 radical (unpaired) electrons. The van der Waals surface area contributed by atoms with Gasteiger partial charge in [-0.05, 0) is 42.5 Å². The van der Waals surface area contributed by atoms with Crippen LogP contribution in [0.2, 0.25) is 0 Å². The lowest BCUT2D eigenvalue weighted by Gasteiger charge is -2.06. The normalized spacial score (nSPS) is 10.8. The summed E-state index contributed by atoms with van der Waals surface area (Å²) >= 11 is 0. The number of phenolic OH excluding ortho intramolecular Hbond substituents is 1. The summed E-state index contributed by atoms with van der Waals surface area (Å²) in [6.07, 6.45) is 0. The van der Waals surface area contributed by atoms with E-state index in [1.165, 1.54) is 18.2 Å². The molecule has 0 spiro atoms. The van der Waals surface area contributed by atoms with Gasteiger partial charge in [-0.3, -0.25) is 4.79 Å². The standard InChI is InChI=1S/C15H11NO4/c16-9-3-6-12-11(7-9)13(18)14(19)15(20-12)8-1-4-10(17)5-2-8/h1-7,17,19H,16H2. The zero-order valence-electron chi connectivity index (χ0n) is 10.3. The van der Waals surface area contributed by atoms with Gasteiger partial charge in [0.1, 0.15) is 11.3 Å². The fourth-order valence-electron chi connectivity index (χ4n) is 2.01. The van der Waals surface area contributed by atoms with E-state index in [0.29, 0.717) is 16.8 Å². The fraction of sp³-hybridized carbons (Fsp3) is 0. The molecular formula is C15H11NO4. The van der Waals surface area contributed by atoms with Crippen LogP contribution in [0.1, 0.15) is 0 Å². The minimum atomic E-state index is -0.540. The van der Waals surface area contributed by atoms with Crippen molar-refractivity contribution in [1.29, 1.82) is 0 Å². The molecule has 4 N–H and O–H groups in total. The van der Waals surface area contributed by atoms with Gasteiger partial charge in [0, 0.05) is 11.3 Å². The smallest absolute Gasteiger partial charge is 0.235 e. The van der Waals surface area contributed by atoms with Gasteiger partial charge in [-0.15, -0.1) is 0 Å². The van der Waals surface area contributed by atoms with E-state index in [9.17, 15) is 15.0 Å². The van der Waals surface area contributed by atoms with Gasteiger partial charge < -0.3 is 20.4 Å². The summed E-state index contributed by atoms with van der Waals surface area (Å²) < 4.78 is 5.57. The monoisotopic (exact) mass is 269 g/mol. The van der Waals surface area contributed by atoms with Gasteiger partial charge in [0.15, 0.2) is 5.76 Å². The van der Waals surface area contributed by atoms with Crippen molar-refractivity contribution in [2.24, 2.45) is 0 Å². The molecule has 0 unspecified atom stereocenters. The molecular weight excluding hydrogens is 258 g/mol. The molecule has 2 aromatic carbocycles. The molecule has 100 valence electrons. The molecule has 0 saturated heterocycles. The Hall–Kier alpha value is -2.95. The summed E-state index contributed by atoms with van der Waals surface area (Å²) in [6.45, 7) is 0. The number of nitrogens with two attached hydrogens (primary N) is 1. The number of rotatable bonds is 1. The van der Waals surface area contributed by atoms with Crippen molar-refractivity contribution in [3.8, 4) is 22.8 Å². The summed E-state index contributed by atoms with van der Waals surface area (Å²) in [4.78, 5) is 12.1. The van der Waals surface area contributed by atoms with Gasteiger partial charge in [0.2, 0.25) is 11.2 Å². The summed E-state index contributed by atoms with van der Waals surface area (Å²) in [5, 5.41) is 19.5. The highest BCUT2D eigenvalue weighted by Crippen LogP contribution is 2.31. The number of hydrogen-bond donors (Lipinski definition) is 3. The predicted molar refractivity (Wildman–Crippen MR) is 75.7 cm³/mol. The molecule has 5 nitrogen and oxygen atoms in total. The first kappa shape index (κ1) is 12.1. The molecule has 0 aliphatic rings. The number of phenols is 1. The molecule has 1 aromatic heterocycles. The summed E-state index contributed by atoms with van der Waals surface area (Å²) in [5.74, 6) is -0.329. The maximum Gasteiger partial charge on any atom is 0.235 e. The second kappa shape index (κ2) is 4.31. The SMILES string of the molecule is Nc1ccc2oc(-c3ccc(O)cc3)c(O)c(=O)c2c1. The van der Waals surface area contributed by atoms with Crippen molar-refractivity contribution < 1.29 is 14.6 Å². The van der Waals surface area contributed by atoms with E-state index in [4.69, 9.17) is 10.2 Å². The third-order valence-electron chi connectivity index (χ3n) is 3.02. The van der Waals surface area contributed by atoms with Crippen LogP contribution in [0, 0.1) is 0 Å². The maximum absolute atomic E-state index is 12.1. The van der Waals surface area contributed by atoms with E-state index >= 15 is 0 Å². The molecule has 0 saturated carbocycles. The van der Waals surface area contributed by atoms with Crippen molar-refractivity contribution in [3.05, 3.63) is 52.7 Å². The van der Waals surface area contributed by atoms with Crippen LogP contribution in [0.5, 0.6) is 11.5 Å². The second-order valence-corrected chi connectivity index (χ2v) is 4.41. The number of fused-ring (bicyclic) bond motifs is 1. The first-order valence-corrected chi connectivity index (χ1v) is 5.91. The lowest BCUT2D eigenvalue weighted by molar-refractivity contribution is 0.449. The lowest BCUT2D eigenvalue weighted by Crippen LogP contribution is -2.03. The van der Waals surface area contributed by atoms with Crippen molar-refractivity contribution in [1.82, 2.24) is 0 Å². The Morgan fingerprint density at radius 1 is 1.00 bits per heavy atom. The largest absolute Gasteiger partial charge is 0.508 e. The lowest BCUT2D eigenvalue weighted by atomic mass is 10.1. The molecule has 0 atom stereocenters. The van der Waals surface area contributed by atoms with Crippen LogP contribution in [0.4, 0.5) is 5.69 Å². The van der Waals surface area contributed by atoms with Crippen LogP contribution in [0.3, 0.4) is 0 Å². The van der Waals surface area contributed by atoms with Crippen molar-refractivity contribution in [2.45, 2.75) is 0 Å². The molecule has 1 heterocycles. The summed E-state index contributed by atoms with van der Waals surface area (Å²) in [7, 11) is 0. The molecule has 0 aliphatic heterocycles.